The first-order valence-electron chi connectivity index (χ1n) is 9.77. The summed E-state index contributed by atoms with van der Waals surface area (Å²) in [5, 5.41) is 3.52. The summed E-state index contributed by atoms with van der Waals surface area (Å²) < 4.78 is 10.7. The molecule has 5 heteroatoms. The van der Waals surface area contributed by atoms with Gasteiger partial charge < -0.3 is 20.5 Å². The van der Waals surface area contributed by atoms with Gasteiger partial charge >= 0.3 is 6.16 Å². The van der Waals surface area contributed by atoms with Crippen molar-refractivity contribution in [1.29, 1.82) is 0 Å². The van der Waals surface area contributed by atoms with Gasteiger partial charge in [-0.2, -0.15) is 0 Å². The first kappa shape index (κ1) is 16.6. The van der Waals surface area contributed by atoms with Gasteiger partial charge in [-0.05, 0) is 66.5 Å². The van der Waals surface area contributed by atoms with Crippen molar-refractivity contribution in [2.45, 2.75) is 56.2 Å². The van der Waals surface area contributed by atoms with Crippen LogP contribution in [0.15, 0.2) is 42.5 Å². The number of hydrogen-bond donors (Lipinski definition) is 2. The second-order valence-corrected chi connectivity index (χ2v) is 7.93. The fourth-order valence-corrected chi connectivity index (χ4v) is 4.47. The lowest BCUT2D eigenvalue weighted by Gasteiger charge is -2.15. The maximum Gasteiger partial charge on any atom is 0.514 e. The third-order valence-electron chi connectivity index (χ3n) is 5.99. The van der Waals surface area contributed by atoms with Crippen LogP contribution in [0.2, 0.25) is 0 Å². The molecule has 140 valence electrons. The van der Waals surface area contributed by atoms with Crippen molar-refractivity contribution in [3.63, 3.8) is 0 Å². The van der Waals surface area contributed by atoms with E-state index >= 15 is 0 Å². The van der Waals surface area contributed by atoms with E-state index in [2.05, 4.69) is 17.4 Å². The van der Waals surface area contributed by atoms with Crippen LogP contribution in [0.5, 0.6) is 5.75 Å². The summed E-state index contributed by atoms with van der Waals surface area (Å²) in [6, 6.07) is 14.5. The lowest BCUT2D eigenvalue weighted by Crippen LogP contribution is -2.26. The second kappa shape index (κ2) is 6.57. The minimum absolute atomic E-state index is 0.157. The Morgan fingerprint density at radius 3 is 2.85 bits per heavy atom. The fourth-order valence-electron chi connectivity index (χ4n) is 4.47. The normalized spacial score (nSPS) is 25.4. The van der Waals surface area contributed by atoms with Crippen LogP contribution < -0.4 is 15.8 Å². The van der Waals surface area contributed by atoms with E-state index in [1.165, 1.54) is 18.4 Å². The van der Waals surface area contributed by atoms with Crippen molar-refractivity contribution in [1.82, 2.24) is 0 Å². The number of fused-ring (bicyclic) bond motifs is 3. The lowest BCUT2D eigenvalue weighted by atomic mass is 9.94. The minimum Gasteiger partial charge on any atom is -0.429 e. The van der Waals surface area contributed by atoms with Crippen molar-refractivity contribution in [3.05, 3.63) is 59.2 Å². The summed E-state index contributed by atoms with van der Waals surface area (Å²) in [4.78, 5) is 12.1. The van der Waals surface area contributed by atoms with Crippen molar-refractivity contribution < 1.29 is 14.3 Å². The zero-order valence-corrected chi connectivity index (χ0v) is 15.2. The van der Waals surface area contributed by atoms with Gasteiger partial charge in [0.15, 0.2) is 0 Å². The Labute approximate surface area is 158 Å². The Morgan fingerprint density at radius 2 is 2.00 bits per heavy atom. The Kier molecular flexibility index (Phi) is 4.05. The lowest BCUT2D eigenvalue weighted by molar-refractivity contribution is 0.0927. The van der Waals surface area contributed by atoms with E-state index in [0.29, 0.717) is 23.6 Å². The maximum atomic E-state index is 12.1. The molecule has 5 nitrogen and oxygen atoms in total. The van der Waals surface area contributed by atoms with E-state index in [1.54, 1.807) is 6.07 Å². The summed E-state index contributed by atoms with van der Waals surface area (Å²) in [6.07, 6.45) is 3.94. The molecule has 0 saturated heterocycles. The topological polar surface area (TPSA) is 73.6 Å². The molecule has 3 N–H and O–H groups in total. The van der Waals surface area contributed by atoms with E-state index < -0.39 is 6.16 Å². The van der Waals surface area contributed by atoms with Gasteiger partial charge in [-0.3, -0.25) is 0 Å². The summed E-state index contributed by atoms with van der Waals surface area (Å²) in [5.41, 5.74) is 10.8. The molecule has 3 atom stereocenters. The molecule has 1 heterocycles. The molecule has 2 saturated carbocycles. The SMILES string of the molecule is NC1CCC2Nc3ccc(OC(=O)OCc4cccc(C5CC5)c4)cc3C12. The largest absolute Gasteiger partial charge is 0.514 e. The number of carbonyl (C=O) groups excluding carboxylic acids is 1. The van der Waals surface area contributed by atoms with Gasteiger partial charge in [0, 0.05) is 23.7 Å². The summed E-state index contributed by atoms with van der Waals surface area (Å²) >= 11 is 0. The van der Waals surface area contributed by atoms with Crippen LogP contribution in [0.4, 0.5) is 10.5 Å². The predicted octanol–water partition coefficient (Wildman–Crippen LogP) is 4.28. The van der Waals surface area contributed by atoms with E-state index in [4.69, 9.17) is 15.2 Å². The van der Waals surface area contributed by atoms with Crippen molar-refractivity contribution in [2.75, 3.05) is 5.32 Å². The van der Waals surface area contributed by atoms with Gasteiger partial charge in [-0.15, -0.1) is 0 Å². The average Bonchev–Trinajstić information content (AvgIpc) is 3.37. The van der Waals surface area contributed by atoms with Crippen LogP contribution in [-0.2, 0) is 11.3 Å². The molecule has 0 aromatic heterocycles. The number of carbonyl (C=O) groups is 1. The van der Waals surface area contributed by atoms with Crippen LogP contribution in [0.3, 0.4) is 0 Å². The zero-order valence-electron chi connectivity index (χ0n) is 15.2. The van der Waals surface area contributed by atoms with Crippen LogP contribution >= 0.6 is 0 Å². The zero-order chi connectivity index (χ0) is 18.4. The number of benzene rings is 2. The van der Waals surface area contributed by atoms with Crippen molar-refractivity contribution >= 4 is 11.8 Å². The van der Waals surface area contributed by atoms with Crippen LogP contribution in [-0.4, -0.2) is 18.2 Å². The van der Waals surface area contributed by atoms with Crippen LogP contribution in [0.1, 0.15) is 54.2 Å². The maximum absolute atomic E-state index is 12.1. The Hall–Kier alpha value is -2.53. The first-order valence-corrected chi connectivity index (χ1v) is 9.77. The summed E-state index contributed by atoms with van der Waals surface area (Å²) in [7, 11) is 0. The van der Waals surface area contributed by atoms with E-state index in [1.807, 2.05) is 24.3 Å². The van der Waals surface area contributed by atoms with E-state index in [0.717, 1.165) is 29.7 Å². The molecule has 0 amide bonds. The molecule has 2 aliphatic carbocycles. The molecule has 5 rings (SSSR count). The smallest absolute Gasteiger partial charge is 0.429 e. The number of ether oxygens (including phenoxy) is 2. The van der Waals surface area contributed by atoms with Gasteiger partial charge in [0.2, 0.25) is 0 Å². The highest BCUT2D eigenvalue weighted by Gasteiger charge is 2.41. The molecule has 3 unspecified atom stereocenters. The first-order chi connectivity index (χ1) is 13.2. The van der Waals surface area contributed by atoms with E-state index in [-0.39, 0.29) is 12.6 Å². The molecule has 0 radical (unpaired) electrons. The molecule has 2 aromatic carbocycles. The van der Waals surface area contributed by atoms with Crippen LogP contribution in [0.25, 0.3) is 0 Å². The molecule has 0 bridgehead atoms. The molecule has 1 aliphatic heterocycles. The Morgan fingerprint density at radius 1 is 1.11 bits per heavy atom. The summed E-state index contributed by atoms with van der Waals surface area (Å²) in [5.74, 6) is 1.49. The number of hydrogen-bond acceptors (Lipinski definition) is 5. The van der Waals surface area contributed by atoms with Crippen LogP contribution in [0, 0.1) is 0 Å². The molecule has 0 spiro atoms. The molecular weight excluding hydrogens is 340 g/mol. The molecule has 2 fully saturated rings. The number of anilines is 1. The number of rotatable bonds is 4. The van der Waals surface area contributed by atoms with Crippen molar-refractivity contribution in [3.8, 4) is 5.75 Å². The Balaban J connectivity index is 1.22. The molecule has 3 aliphatic rings. The second-order valence-electron chi connectivity index (χ2n) is 7.93. The number of nitrogens with one attached hydrogen (secondary N) is 1. The van der Waals surface area contributed by atoms with Gasteiger partial charge in [0.1, 0.15) is 12.4 Å². The van der Waals surface area contributed by atoms with Gasteiger partial charge in [0.05, 0.1) is 0 Å². The quantitative estimate of drug-likeness (QED) is 0.626. The summed E-state index contributed by atoms with van der Waals surface area (Å²) in [6.45, 7) is 0.224. The average molecular weight is 364 g/mol. The third kappa shape index (κ3) is 3.28. The van der Waals surface area contributed by atoms with Gasteiger partial charge in [-0.1, -0.05) is 24.3 Å². The van der Waals surface area contributed by atoms with Gasteiger partial charge in [0.25, 0.3) is 0 Å². The molecular formula is C22H24N2O3. The molecule has 27 heavy (non-hydrogen) atoms. The number of nitrogens with two attached hydrogens (primary N) is 1. The fraction of sp³-hybridized carbons (Fsp3) is 0.409. The van der Waals surface area contributed by atoms with E-state index in [9.17, 15) is 4.79 Å². The van der Waals surface area contributed by atoms with Crippen molar-refractivity contribution in [2.24, 2.45) is 5.73 Å². The highest BCUT2D eigenvalue weighted by atomic mass is 16.7. The van der Waals surface area contributed by atoms with Gasteiger partial charge in [-0.25, -0.2) is 4.79 Å². The molecule has 2 aromatic rings. The highest BCUT2D eigenvalue weighted by Crippen LogP contribution is 2.45. The monoisotopic (exact) mass is 364 g/mol. The predicted molar refractivity (Wildman–Crippen MR) is 103 cm³/mol. The highest BCUT2D eigenvalue weighted by molar-refractivity contribution is 5.67. The third-order valence-corrected chi connectivity index (χ3v) is 5.99. The Bertz CT molecular complexity index is 878. The minimum atomic E-state index is -0.676. The standard InChI is InChI=1S/C22H24N2O3/c23-18-7-9-20-21(18)17-11-16(6-8-19(17)24-20)27-22(25)26-12-13-2-1-3-15(10-13)14-4-5-14/h1-3,6,8,10-11,14,18,20-21,24H,4-5,7,9,12,23H2.